The van der Waals surface area contributed by atoms with Crippen LogP contribution in [0.15, 0.2) is 36.0 Å². The molecule has 1 aliphatic carbocycles. The van der Waals surface area contributed by atoms with Crippen LogP contribution < -0.4 is 10.6 Å². The van der Waals surface area contributed by atoms with Gasteiger partial charge in [-0.2, -0.15) is 5.26 Å². The van der Waals surface area contributed by atoms with E-state index in [0.717, 1.165) is 25.7 Å². The standard InChI is InChI=1S/C22H30FN3O/c23-20-14-10-11-15-21(20)25-17-18(16-24)22(27)26-19-12-8-6-4-2-1-3-5-7-9-13-19/h10-11,14-15,17,19,25H,1-9,12-13H2,(H,26,27)/b18-17-. The fourth-order valence-corrected chi connectivity index (χ4v) is 3.45. The van der Waals surface area contributed by atoms with E-state index in [4.69, 9.17) is 0 Å². The van der Waals surface area contributed by atoms with E-state index in [1.54, 1.807) is 18.2 Å². The van der Waals surface area contributed by atoms with E-state index < -0.39 is 11.7 Å². The number of amides is 1. The molecule has 2 N–H and O–H groups in total. The van der Waals surface area contributed by atoms with Gasteiger partial charge in [-0.15, -0.1) is 0 Å². The number of para-hydroxylation sites is 1. The van der Waals surface area contributed by atoms with Crippen LogP contribution in [-0.4, -0.2) is 11.9 Å². The zero-order valence-electron chi connectivity index (χ0n) is 16.0. The molecular weight excluding hydrogens is 341 g/mol. The number of hydrogen-bond acceptors (Lipinski definition) is 3. The van der Waals surface area contributed by atoms with Crippen molar-refractivity contribution in [3.63, 3.8) is 0 Å². The molecule has 1 aromatic rings. The molecule has 1 fully saturated rings. The maximum atomic E-state index is 13.7. The molecule has 0 aliphatic heterocycles. The van der Waals surface area contributed by atoms with E-state index in [0.29, 0.717) is 0 Å². The molecular formula is C22H30FN3O. The Morgan fingerprint density at radius 3 is 2.11 bits per heavy atom. The van der Waals surface area contributed by atoms with Crippen molar-refractivity contribution >= 4 is 11.6 Å². The molecule has 0 bridgehead atoms. The molecule has 1 aliphatic rings. The monoisotopic (exact) mass is 371 g/mol. The number of hydrogen-bond donors (Lipinski definition) is 2. The number of carbonyl (C=O) groups is 1. The maximum Gasteiger partial charge on any atom is 0.263 e. The molecule has 146 valence electrons. The van der Waals surface area contributed by atoms with Crippen molar-refractivity contribution in [2.45, 2.75) is 76.7 Å². The highest BCUT2D eigenvalue weighted by molar-refractivity contribution is 5.97. The lowest BCUT2D eigenvalue weighted by Gasteiger charge is -2.19. The molecule has 0 radical (unpaired) electrons. The fraction of sp³-hybridized carbons (Fsp3) is 0.545. The quantitative estimate of drug-likeness (QED) is 0.547. The Bertz CT molecular complexity index is 654. The summed E-state index contributed by atoms with van der Waals surface area (Å²) in [7, 11) is 0. The molecule has 0 spiro atoms. The number of nitrogens with zero attached hydrogens (tertiary/aromatic N) is 1. The van der Waals surface area contributed by atoms with Gasteiger partial charge in [0.25, 0.3) is 5.91 Å². The molecule has 4 nitrogen and oxygen atoms in total. The second-order valence-corrected chi connectivity index (χ2v) is 7.22. The van der Waals surface area contributed by atoms with Crippen molar-refractivity contribution in [3.8, 4) is 6.07 Å². The molecule has 1 amide bonds. The minimum absolute atomic E-state index is 0.0376. The molecule has 0 unspecified atom stereocenters. The first kappa shape index (κ1) is 21.0. The van der Waals surface area contributed by atoms with Crippen molar-refractivity contribution in [3.05, 3.63) is 41.9 Å². The highest BCUT2D eigenvalue weighted by atomic mass is 19.1. The highest BCUT2D eigenvalue weighted by Gasteiger charge is 2.16. The molecule has 27 heavy (non-hydrogen) atoms. The van der Waals surface area contributed by atoms with Crippen LogP contribution >= 0.6 is 0 Å². The summed E-state index contributed by atoms with van der Waals surface area (Å²) >= 11 is 0. The summed E-state index contributed by atoms with van der Waals surface area (Å²) < 4.78 is 13.7. The highest BCUT2D eigenvalue weighted by Crippen LogP contribution is 2.17. The molecule has 2 rings (SSSR count). The zero-order chi connectivity index (χ0) is 19.3. The summed E-state index contributed by atoms with van der Waals surface area (Å²) in [5.74, 6) is -0.816. The van der Waals surface area contributed by atoms with Crippen LogP contribution in [-0.2, 0) is 4.79 Å². The summed E-state index contributed by atoms with van der Waals surface area (Å²) in [6.45, 7) is 0. The Balaban J connectivity index is 1.93. The van der Waals surface area contributed by atoms with Gasteiger partial charge in [-0.3, -0.25) is 4.79 Å². The van der Waals surface area contributed by atoms with E-state index in [9.17, 15) is 14.4 Å². The first-order valence-electron chi connectivity index (χ1n) is 10.1. The Morgan fingerprint density at radius 1 is 1.00 bits per heavy atom. The Labute approximate surface area is 161 Å². The van der Waals surface area contributed by atoms with Gasteiger partial charge in [0.2, 0.25) is 0 Å². The van der Waals surface area contributed by atoms with Gasteiger partial charge in [-0.1, -0.05) is 69.9 Å². The summed E-state index contributed by atoms with van der Waals surface area (Å²) in [6.07, 6.45) is 14.2. The molecule has 1 saturated carbocycles. The van der Waals surface area contributed by atoms with Crippen molar-refractivity contribution in [1.82, 2.24) is 5.32 Å². The van der Waals surface area contributed by atoms with Crippen LogP contribution in [0.5, 0.6) is 0 Å². The Kier molecular flexibility index (Phi) is 9.40. The second-order valence-electron chi connectivity index (χ2n) is 7.22. The lowest BCUT2D eigenvalue weighted by atomic mass is 9.98. The zero-order valence-corrected chi connectivity index (χ0v) is 16.0. The smallest absolute Gasteiger partial charge is 0.263 e. The average Bonchev–Trinajstić information content (AvgIpc) is 2.66. The van der Waals surface area contributed by atoms with Crippen LogP contribution in [0.4, 0.5) is 10.1 Å². The van der Waals surface area contributed by atoms with E-state index in [1.807, 2.05) is 6.07 Å². The summed E-state index contributed by atoms with van der Waals surface area (Å²) in [5, 5.41) is 15.0. The van der Waals surface area contributed by atoms with Crippen molar-refractivity contribution in [1.29, 1.82) is 5.26 Å². The third kappa shape index (κ3) is 7.82. The predicted molar refractivity (Wildman–Crippen MR) is 106 cm³/mol. The summed E-state index contributed by atoms with van der Waals surface area (Å²) in [5.41, 5.74) is 0.202. The predicted octanol–water partition coefficient (Wildman–Crippen LogP) is 5.43. The lowest BCUT2D eigenvalue weighted by molar-refractivity contribution is -0.117. The fourth-order valence-electron chi connectivity index (χ4n) is 3.45. The molecule has 0 atom stereocenters. The van der Waals surface area contributed by atoms with E-state index in [1.165, 1.54) is 57.2 Å². The van der Waals surface area contributed by atoms with Gasteiger partial charge in [-0.25, -0.2) is 4.39 Å². The third-order valence-electron chi connectivity index (χ3n) is 5.05. The molecule has 0 heterocycles. The van der Waals surface area contributed by atoms with Crippen molar-refractivity contribution < 1.29 is 9.18 Å². The number of nitriles is 1. The number of nitrogens with one attached hydrogen (secondary N) is 2. The van der Waals surface area contributed by atoms with Crippen molar-refractivity contribution in [2.75, 3.05) is 5.32 Å². The normalized spacial score (nSPS) is 17.9. The average molecular weight is 372 g/mol. The van der Waals surface area contributed by atoms with Gasteiger partial charge < -0.3 is 10.6 Å². The van der Waals surface area contributed by atoms with Crippen LogP contribution in [0.2, 0.25) is 0 Å². The molecule has 1 aromatic carbocycles. The molecule has 5 heteroatoms. The van der Waals surface area contributed by atoms with Crippen LogP contribution in [0.3, 0.4) is 0 Å². The van der Waals surface area contributed by atoms with E-state index in [2.05, 4.69) is 10.6 Å². The number of carbonyl (C=O) groups excluding carboxylic acids is 1. The maximum absolute atomic E-state index is 13.7. The van der Waals surface area contributed by atoms with Gasteiger partial charge in [-0.05, 0) is 25.0 Å². The molecule has 0 aromatic heterocycles. The number of rotatable bonds is 4. The van der Waals surface area contributed by atoms with Gasteiger partial charge in [0, 0.05) is 12.2 Å². The topological polar surface area (TPSA) is 64.9 Å². The first-order chi connectivity index (χ1) is 13.2. The lowest BCUT2D eigenvalue weighted by Crippen LogP contribution is -2.35. The van der Waals surface area contributed by atoms with Gasteiger partial charge >= 0.3 is 0 Å². The van der Waals surface area contributed by atoms with E-state index in [-0.39, 0.29) is 17.3 Å². The van der Waals surface area contributed by atoms with E-state index >= 15 is 0 Å². The minimum Gasteiger partial charge on any atom is -0.358 e. The first-order valence-corrected chi connectivity index (χ1v) is 10.1. The number of anilines is 1. The Hall–Kier alpha value is -2.35. The van der Waals surface area contributed by atoms with Crippen LogP contribution in [0.25, 0.3) is 0 Å². The molecule has 0 saturated heterocycles. The second kappa shape index (κ2) is 12.1. The number of halogens is 1. The van der Waals surface area contributed by atoms with Gasteiger partial charge in [0.15, 0.2) is 0 Å². The van der Waals surface area contributed by atoms with Crippen LogP contribution in [0.1, 0.15) is 70.6 Å². The number of benzene rings is 1. The Morgan fingerprint density at radius 2 is 1.56 bits per heavy atom. The van der Waals surface area contributed by atoms with Gasteiger partial charge in [0.05, 0.1) is 5.69 Å². The summed E-state index contributed by atoms with van der Waals surface area (Å²) in [4.78, 5) is 12.5. The van der Waals surface area contributed by atoms with Gasteiger partial charge in [0.1, 0.15) is 17.5 Å². The van der Waals surface area contributed by atoms with Crippen LogP contribution in [0, 0.1) is 17.1 Å². The largest absolute Gasteiger partial charge is 0.358 e. The minimum atomic E-state index is -0.425. The summed E-state index contributed by atoms with van der Waals surface area (Å²) in [6, 6.07) is 8.18. The SMILES string of the molecule is N#C/C(=C/Nc1ccccc1F)C(=O)NC1CCCCCCCCCCC1. The van der Waals surface area contributed by atoms with Crippen molar-refractivity contribution in [2.24, 2.45) is 0 Å². The third-order valence-corrected chi connectivity index (χ3v) is 5.05.